The molecule has 22 heavy (non-hydrogen) atoms. The Morgan fingerprint density at radius 1 is 1.45 bits per heavy atom. The van der Waals surface area contributed by atoms with Crippen molar-refractivity contribution in [3.05, 3.63) is 28.6 Å². The molecular weight excluding hydrogens is 300 g/mol. The summed E-state index contributed by atoms with van der Waals surface area (Å²) < 4.78 is 10.6. The Kier molecular flexibility index (Phi) is 4.59. The number of oxazole rings is 1. The van der Waals surface area contributed by atoms with Gasteiger partial charge in [-0.15, -0.1) is 0 Å². The first-order valence-corrected chi connectivity index (χ1v) is 8.02. The SMILES string of the molecule is COCCN(C(=O)c1ccc2[nH]c(=S)oc2c1)C1CCCC1. The Morgan fingerprint density at radius 3 is 2.95 bits per heavy atom. The molecule has 1 fully saturated rings. The predicted molar refractivity (Wildman–Crippen MR) is 86.6 cm³/mol. The third-order valence-corrected chi connectivity index (χ3v) is 4.42. The van der Waals surface area contributed by atoms with Gasteiger partial charge < -0.3 is 19.0 Å². The molecule has 1 heterocycles. The molecule has 0 unspecified atom stereocenters. The minimum absolute atomic E-state index is 0.0353. The van der Waals surface area contributed by atoms with Gasteiger partial charge in [0, 0.05) is 25.3 Å². The molecule has 1 N–H and O–H groups in total. The smallest absolute Gasteiger partial charge is 0.266 e. The normalized spacial score (nSPS) is 15.5. The molecule has 0 bridgehead atoms. The fourth-order valence-electron chi connectivity index (χ4n) is 3.10. The molecule has 2 aromatic rings. The number of benzene rings is 1. The molecule has 0 spiro atoms. The summed E-state index contributed by atoms with van der Waals surface area (Å²) in [6, 6.07) is 5.74. The number of nitrogens with one attached hydrogen (secondary N) is 1. The van der Waals surface area contributed by atoms with Gasteiger partial charge in [-0.1, -0.05) is 12.8 Å². The van der Waals surface area contributed by atoms with Gasteiger partial charge in [-0.2, -0.15) is 0 Å². The van der Waals surface area contributed by atoms with Gasteiger partial charge in [0.05, 0.1) is 12.1 Å². The van der Waals surface area contributed by atoms with Gasteiger partial charge in [-0.3, -0.25) is 4.79 Å². The maximum absolute atomic E-state index is 12.9. The number of methoxy groups -OCH3 is 1. The van der Waals surface area contributed by atoms with Crippen LogP contribution in [0.4, 0.5) is 0 Å². The number of carbonyl (C=O) groups is 1. The summed E-state index contributed by atoms with van der Waals surface area (Å²) in [4.78, 5) is 18.1. The lowest BCUT2D eigenvalue weighted by molar-refractivity contribution is 0.0606. The summed E-state index contributed by atoms with van der Waals surface area (Å²) >= 11 is 4.98. The van der Waals surface area contributed by atoms with E-state index in [0.717, 1.165) is 18.4 Å². The fourth-order valence-corrected chi connectivity index (χ4v) is 3.30. The number of carbonyl (C=O) groups excluding carboxylic acids is 1. The van der Waals surface area contributed by atoms with Crippen molar-refractivity contribution in [2.45, 2.75) is 31.7 Å². The number of amides is 1. The highest BCUT2D eigenvalue weighted by Gasteiger charge is 2.27. The van der Waals surface area contributed by atoms with Gasteiger partial charge in [0.15, 0.2) is 5.58 Å². The molecule has 1 amide bonds. The third kappa shape index (κ3) is 3.08. The van der Waals surface area contributed by atoms with Gasteiger partial charge in [0.2, 0.25) is 0 Å². The highest BCUT2D eigenvalue weighted by Crippen LogP contribution is 2.25. The molecule has 1 aromatic carbocycles. The lowest BCUT2D eigenvalue weighted by Gasteiger charge is -2.28. The monoisotopic (exact) mass is 320 g/mol. The van der Waals surface area contributed by atoms with E-state index in [1.165, 1.54) is 12.8 Å². The van der Waals surface area contributed by atoms with Crippen LogP contribution in [0.15, 0.2) is 22.6 Å². The van der Waals surface area contributed by atoms with Crippen LogP contribution >= 0.6 is 12.2 Å². The molecule has 1 aliphatic rings. The third-order valence-electron chi connectivity index (χ3n) is 4.23. The van der Waals surface area contributed by atoms with Gasteiger partial charge >= 0.3 is 0 Å². The Balaban J connectivity index is 1.87. The van der Waals surface area contributed by atoms with Crippen LogP contribution in [0.2, 0.25) is 0 Å². The number of aromatic nitrogens is 1. The van der Waals surface area contributed by atoms with E-state index in [9.17, 15) is 4.79 Å². The first kappa shape index (κ1) is 15.2. The lowest BCUT2D eigenvalue weighted by atomic mass is 10.1. The topological polar surface area (TPSA) is 58.5 Å². The molecule has 5 nitrogen and oxygen atoms in total. The average Bonchev–Trinajstić information content (AvgIpc) is 3.15. The van der Waals surface area contributed by atoms with Gasteiger partial charge in [-0.05, 0) is 43.3 Å². The van der Waals surface area contributed by atoms with Crippen LogP contribution in [0.5, 0.6) is 0 Å². The van der Waals surface area contributed by atoms with Crippen molar-refractivity contribution in [3.63, 3.8) is 0 Å². The van der Waals surface area contributed by atoms with E-state index in [1.54, 1.807) is 13.2 Å². The largest absolute Gasteiger partial charge is 0.429 e. The minimum atomic E-state index is 0.0353. The zero-order chi connectivity index (χ0) is 15.5. The molecule has 0 atom stereocenters. The molecule has 1 aliphatic carbocycles. The highest BCUT2D eigenvalue weighted by atomic mass is 32.1. The fraction of sp³-hybridized carbons (Fsp3) is 0.500. The second kappa shape index (κ2) is 6.62. The standard InChI is InChI=1S/C16H20N2O3S/c1-20-9-8-18(12-4-2-3-5-12)15(19)11-6-7-13-14(10-11)21-16(22)17-13/h6-7,10,12H,2-5,8-9H2,1H3,(H,17,22). The van der Waals surface area contributed by atoms with Crippen molar-refractivity contribution in [1.82, 2.24) is 9.88 Å². The molecule has 0 radical (unpaired) electrons. The first-order valence-electron chi connectivity index (χ1n) is 7.62. The number of H-pyrrole nitrogens is 1. The summed E-state index contributed by atoms with van der Waals surface area (Å²) in [6.45, 7) is 1.17. The lowest BCUT2D eigenvalue weighted by Crippen LogP contribution is -2.41. The van der Waals surface area contributed by atoms with E-state index < -0.39 is 0 Å². The molecule has 6 heteroatoms. The highest BCUT2D eigenvalue weighted by molar-refractivity contribution is 7.71. The zero-order valence-corrected chi connectivity index (χ0v) is 13.4. The summed E-state index contributed by atoms with van der Waals surface area (Å²) in [6.07, 6.45) is 4.52. The summed E-state index contributed by atoms with van der Waals surface area (Å²) in [5, 5.41) is 0. The summed E-state index contributed by atoms with van der Waals surface area (Å²) in [5.41, 5.74) is 2.06. The van der Waals surface area contributed by atoms with Crippen molar-refractivity contribution >= 4 is 29.2 Å². The Morgan fingerprint density at radius 2 is 2.23 bits per heavy atom. The minimum Gasteiger partial charge on any atom is -0.429 e. The molecule has 0 aliphatic heterocycles. The van der Waals surface area contributed by atoms with Crippen LogP contribution in [0.25, 0.3) is 11.1 Å². The van der Waals surface area contributed by atoms with Crippen LogP contribution in [-0.4, -0.2) is 42.1 Å². The zero-order valence-electron chi connectivity index (χ0n) is 12.6. The summed E-state index contributed by atoms with van der Waals surface area (Å²) in [7, 11) is 1.66. The molecule has 118 valence electrons. The Hall–Kier alpha value is -1.66. The second-order valence-corrected chi connectivity index (χ2v) is 6.03. The molecule has 3 rings (SSSR count). The van der Waals surface area contributed by atoms with Gasteiger partial charge in [0.25, 0.3) is 10.7 Å². The van der Waals surface area contributed by atoms with Crippen molar-refractivity contribution in [2.75, 3.05) is 20.3 Å². The van der Waals surface area contributed by atoms with E-state index in [4.69, 9.17) is 21.4 Å². The maximum atomic E-state index is 12.9. The van der Waals surface area contributed by atoms with E-state index in [-0.39, 0.29) is 5.91 Å². The maximum Gasteiger partial charge on any atom is 0.266 e. The predicted octanol–water partition coefficient (Wildman–Crippen LogP) is 3.52. The van der Waals surface area contributed by atoms with Crippen molar-refractivity contribution < 1.29 is 13.9 Å². The number of ether oxygens (including phenoxy) is 1. The van der Waals surface area contributed by atoms with Crippen LogP contribution in [0, 0.1) is 4.84 Å². The van der Waals surface area contributed by atoms with Crippen LogP contribution < -0.4 is 0 Å². The summed E-state index contributed by atoms with van der Waals surface area (Å²) in [5.74, 6) is 0.0353. The van der Waals surface area contributed by atoms with Crippen LogP contribution in [0.3, 0.4) is 0 Å². The number of hydrogen-bond donors (Lipinski definition) is 1. The second-order valence-electron chi connectivity index (χ2n) is 5.66. The quantitative estimate of drug-likeness (QED) is 0.856. The number of nitrogens with zero attached hydrogens (tertiary/aromatic N) is 1. The number of fused-ring (bicyclic) bond motifs is 1. The molecule has 1 aromatic heterocycles. The van der Waals surface area contributed by atoms with Gasteiger partial charge in [-0.25, -0.2) is 0 Å². The van der Waals surface area contributed by atoms with Crippen molar-refractivity contribution in [2.24, 2.45) is 0 Å². The number of rotatable bonds is 5. The van der Waals surface area contributed by atoms with Crippen molar-refractivity contribution in [1.29, 1.82) is 0 Å². The van der Waals surface area contributed by atoms with Crippen LogP contribution in [-0.2, 0) is 4.74 Å². The van der Waals surface area contributed by atoms with Gasteiger partial charge in [0.1, 0.15) is 0 Å². The van der Waals surface area contributed by atoms with E-state index in [2.05, 4.69) is 4.98 Å². The Labute approximate surface area is 134 Å². The van der Waals surface area contributed by atoms with Crippen molar-refractivity contribution in [3.8, 4) is 0 Å². The Bertz CT molecular complexity index is 715. The van der Waals surface area contributed by atoms with E-state index >= 15 is 0 Å². The molecule has 1 saturated carbocycles. The first-order chi connectivity index (χ1) is 10.7. The average molecular weight is 320 g/mol. The molecular formula is C16H20N2O3S. The van der Waals surface area contributed by atoms with E-state index in [1.807, 2.05) is 17.0 Å². The number of aromatic amines is 1. The van der Waals surface area contributed by atoms with Crippen LogP contribution in [0.1, 0.15) is 36.0 Å². The molecule has 0 saturated heterocycles. The van der Waals surface area contributed by atoms with E-state index in [0.29, 0.717) is 35.2 Å². The number of hydrogen-bond acceptors (Lipinski definition) is 4.